The predicted octanol–water partition coefficient (Wildman–Crippen LogP) is 2.38. The monoisotopic (exact) mass is 200 g/mol. The molecule has 0 amide bonds. The van der Waals surface area contributed by atoms with Gasteiger partial charge in [-0.05, 0) is 50.1 Å². The third-order valence-electron chi connectivity index (χ3n) is 2.25. The van der Waals surface area contributed by atoms with Crippen LogP contribution in [0.15, 0.2) is 5.11 Å². The molecule has 74 valence electrons. The first-order chi connectivity index (χ1) is 6.33. The zero-order valence-electron chi connectivity index (χ0n) is 7.94. The highest BCUT2D eigenvalue weighted by molar-refractivity contribution is 7.99. The van der Waals surface area contributed by atoms with Gasteiger partial charge in [-0.2, -0.15) is 11.8 Å². The largest absolute Gasteiger partial charge is 0.317 e. The van der Waals surface area contributed by atoms with Gasteiger partial charge in [0, 0.05) is 4.91 Å². The van der Waals surface area contributed by atoms with E-state index in [-0.39, 0.29) is 5.37 Å². The second-order valence-corrected chi connectivity index (χ2v) is 4.68. The van der Waals surface area contributed by atoms with E-state index in [4.69, 9.17) is 5.53 Å². The number of rotatable bonds is 4. The lowest BCUT2D eigenvalue weighted by atomic mass is 10.0. The van der Waals surface area contributed by atoms with Gasteiger partial charge in [-0.1, -0.05) is 5.11 Å². The lowest BCUT2D eigenvalue weighted by Crippen LogP contribution is -2.28. The van der Waals surface area contributed by atoms with Gasteiger partial charge in [0.2, 0.25) is 0 Å². The summed E-state index contributed by atoms with van der Waals surface area (Å²) in [6.45, 7) is 4.23. The molecule has 0 aromatic rings. The third kappa shape index (κ3) is 4.41. The Balaban J connectivity index is 2.13. The zero-order valence-corrected chi connectivity index (χ0v) is 8.76. The summed E-state index contributed by atoms with van der Waals surface area (Å²) in [6.07, 6.45) is 2.52. The van der Waals surface area contributed by atoms with Crippen molar-refractivity contribution in [2.45, 2.75) is 25.1 Å². The summed E-state index contributed by atoms with van der Waals surface area (Å²) in [5, 5.41) is 7.06. The van der Waals surface area contributed by atoms with Gasteiger partial charge in [0.15, 0.2) is 0 Å². The minimum atomic E-state index is 0.0832. The van der Waals surface area contributed by atoms with Crippen molar-refractivity contribution in [1.82, 2.24) is 5.32 Å². The summed E-state index contributed by atoms with van der Waals surface area (Å²) in [6, 6.07) is 0. The van der Waals surface area contributed by atoms with Crippen LogP contribution in [0.1, 0.15) is 19.8 Å². The number of nitrogens with zero attached hydrogens (tertiary/aromatic N) is 3. The number of hydrogen-bond acceptors (Lipinski definition) is 3. The quantitative estimate of drug-likeness (QED) is 0.430. The maximum absolute atomic E-state index is 8.21. The second kappa shape index (κ2) is 6.13. The molecule has 0 aliphatic carbocycles. The number of nitrogens with one attached hydrogen (secondary N) is 1. The normalized spacial score (nSPS) is 20.7. The van der Waals surface area contributed by atoms with Crippen molar-refractivity contribution in [2.24, 2.45) is 11.0 Å². The van der Waals surface area contributed by atoms with Crippen LogP contribution in [0.3, 0.4) is 0 Å². The van der Waals surface area contributed by atoms with Crippen LogP contribution < -0.4 is 5.32 Å². The molecule has 1 aliphatic heterocycles. The van der Waals surface area contributed by atoms with E-state index in [1.807, 2.05) is 6.92 Å². The molecule has 13 heavy (non-hydrogen) atoms. The van der Waals surface area contributed by atoms with Crippen LogP contribution in [0.4, 0.5) is 0 Å². The molecule has 0 radical (unpaired) electrons. The van der Waals surface area contributed by atoms with Gasteiger partial charge in [-0.3, -0.25) is 0 Å². The standard InChI is InChI=1S/C8H16N4S/c1-7(11-12-9)13-6-8-2-4-10-5-3-8/h7-8,10H,2-6H2,1H3. The van der Waals surface area contributed by atoms with Crippen molar-refractivity contribution in [3.63, 3.8) is 0 Å². The van der Waals surface area contributed by atoms with E-state index in [1.54, 1.807) is 11.8 Å². The third-order valence-corrected chi connectivity index (χ3v) is 3.49. The van der Waals surface area contributed by atoms with Crippen molar-refractivity contribution in [1.29, 1.82) is 0 Å². The van der Waals surface area contributed by atoms with E-state index in [9.17, 15) is 0 Å². The van der Waals surface area contributed by atoms with E-state index in [0.29, 0.717) is 0 Å². The van der Waals surface area contributed by atoms with Crippen LogP contribution in [0, 0.1) is 5.92 Å². The molecule has 0 spiro atoms. The first-order valence-corrected chi connectivity index (χ1v) is 5.74. The highest BCUT2D eigenvalue weighted by Gasteiger charge is 2.13. The van der Waals surface area contributed by atoms with E-state index < -0.39 is 0 Å². The molecule has 1 heterocycles. The SMILES string of the molecule is CC(N=[N+]=[N-])SCC1CCNCC1. The fraction of sp³-hybridized carbons (Fsp3) is 1.00. The van der Waals surface area contributed by atoms with Gasteiger partial charge >= 0.3 is 0 Å². The molecule has 0 bridgehead atoms. The second-order valence-electron chi connectivity index (χ2n) is 3.33. The molecule has 1 unspecified atom stereocenters. The fourth-order valence-electron chi connectivity index (χ4n) is 1.43. The Morgan fingerprint density at radius 1 is 1.62 bits per heavy atom. The maximum Gasteiger partial charge on any atom is 0.0805 e. The smallest absolute Gasteiger partial charge is 0.0805 e. The Morgan fingerprint density at radius 3 is 2.92 bits per heavy atom. The maximum atomic E-state index is 8.21. The van der Waals surface area contributed by atoms with Gasteiger partial charge in [0.25, 0.3) is 0 Å². The molecular weight excluding hydrogens is 184 g/mol. The molecule has 1 N–H and O–H groups in total. The Kier molecular flexibility index (Phi) is 5.05. The molecule has 0 saturated carbocycles. The molecule has 1 atom stereocenters. The molecule has 1 saturated heterocycles. The summed E-state index contributed by atoms with van der Waals surface area (Å²) < 4.78 is 0. The number of azide groups is 1. The Bertz CT molecular complexity index is 185. The van der Waals surface area contributed by atoms with Crippen LogP contribution in [-0.2, 0) is 0 Å². The van der Waals surface area contributed by atoms with Crippen molar-refractivity contribution in [3.05, 3.63) is 10.4 Å². The van der Waals surface area contributed by atoms with Crippen LogP contribution >= 0.6 is 11.8 Å². The van der Waals surface area contributed by atoms with Crippen molar-refractivity contribution in [3.8, 4) is 0 Å². The summed E-state index contributed by atoms with van der Waals surface area (Å²) in [7, 11) is 0. The van der Waals surface area contributed by atoms with Crippen molar-refractivity contribution in [2.75, 3.05) is 18.8 Å². The van der Waals surface area contributed by atoms with E-state index in [0.717, 1.165) is 24.8 Å². The van der Waals surface area contributed by atoms with E-state index >= 15 is 0 Å². The summed E-state index contributed by atoms with van der Waals surface area (Å²) in [4.78, 5) is 2.79. The fourth-order valence-corrected chi connectivity index (χ4v) is 2.42. The van der Waals surface area contributed by atoms with Gasteiger partial charge in [0.1, 0.15) is 0 Å². The minimum absolute atomic E-state index is 0.0832. The average Bonchev–Trinajstić information content (AvgIpc) is 2.17. The summed E-state index contributed by atoms with van der Waals surface area (Å²) in [5.74, 6) is 1.93. The van der Waals surface area contributed by atoms with Gasteiger partial charge in [-0.15, -0.1) is 0 Å². The lowest BCUT2D eigenvalue weighted by molar-refractivity contribution is 0.407. The van der Waals surface area contributed by atoms with Crippen LogP contribution in [0.2, 0.25) is 0 Å². The topological polar surface area (TPSA) is 60.8 Å². The van der Waals surface area contributed by atoms with Crippen molar-refractivity contribution < 1.29 is 0 Å². The van der Waals surface area contributed by atoms with Crippen LogP contribution in [-0.4, -0.2) is 24.2 Å². The molecule has 1 rings (SSSR count). The van der Waals surface area contributed by atoms with Crippen LogP contribution in [0.5, 0.6) is 0 Å². The molecule has 5 heteroatoms. The summed E-state index contributed by atoms with van der Waals surface area (Å²) in [5.41, 5.74) is 8.21. The number of hydrogen-bond donors (Lipinski definition) is 1. The van der Waals surface area contributed by atoms with E-state index in [2.05, 4.69) is 15.3 Å². The molecule has 1 fully saturated rings. The van der Waals surface area contributed by atoms with Crippen LogP contribution in [0.25, 0.3) is 10.4 Å². The highest BCUT2D eigenvalue weighted by atomic mass is 32.2. The molecular formula is C8H16N4S. The predicted molar refractivity (Wildman–Crippen MR) is 56.7 cm³/mol. The van der Waals surface area contributed by atoms with Gasteiger partial charge in [0.05, 0.1) is 5.37 Å². The Labute approximate surface area is 83.1 Å². The lowest BCUT2D eigenvalue weighted by Gasteiger charge is -2.22. The highest BCUT2D eigenvalue weighted by Crippen LogP contribution is 2.21. The molecule has 0 aromatic heterocycles. The van der Waals surface area contributed by atoms with E-state index in [1.165, 1.54) is 12.8 Å². The Morgan fingerprint density at radius 2 is 2.31 bits per heavy atom. The molecule has 4 nitrogen and oxygen atoms in total. The Hall–Kier alpha value is -0.380. The minimum Gasteiger partial charge on any atom is -0.317 e. The molecule has 0 aromatic carbocycles. The average molecular weight is 200 g/mol. The van der Waals surface area contributed by atoms with Gasteiger partial charge in [-0.25, -0.2) is 0 Å². The first kappa shape index (κ1) is 10.7. The first-order valence-electron chi connectivity index (χ1n) is 4.69. The molecule has 1 aliphatic rings. The van der Waals surface area contributed by atoms with Gasteiger partial charge < -0.3 is 5.32 Å². The number of piperidine rings is 1. The number of thioether (sulfide) groups is 1. The van der Waals surface area contributed by atoms with Crippen molar-refractivity contribution >= 4 is 11.8 Å². The zero-order chi connectivity index (χ0) is 9.52. The summed E-state index contributed by atoms with van der Waals surface area (Å²) >= 11 is 1.76.